The zero-order valence-corrected chi connectivity index (χ0v) is 20.0. The third kappa shape index (κ3) is 3.76. The number of H-pyrrole nitrogens is 1. The fraction of sp³-hybridized carbons (Fsp3) is 0.429. The number of fused-ring (bicyclic) bond motifs is 1. The van der Waals surface area contributed by atoms with Crippen LogP contribution in [0.15, 0.2) is 27.5 Å². The summed E-state index contributed by atoms with van der Waals surface area (Å²) in [5.41, 5.74) is 0.894. The molecule has 0 radical (unpaired) electrons. The van der Waals surface area contributed by atoms with E-state index in [1.165, 1.54) is 16.2 Å². The van der Waals surface area contributed by atoms with E-state index < -0.39 is 0 Å². The number of nitrogens with one attached hydrogen (secondary N) is 1. The molecule has 1 aliphatic heterocycles. The molecule has 1 N–H and O–H groups in total. The predicted octanol–water partition coefficient (Wildman–Crippen LogP) is 4.08. The average Bonchev–Trinajstić information content (AvgIpc) is 3.19. The molecular formula is C21H22N6O2S3. The first-order chi connectivity index (χ1) is 15.7. The van der Waals surface area contributed by atoms with E-state index in [4.69, 9.17) is 9.72 Å². The third-order valence-electron chi connectivity index (χ3n) is 5.69. The molecule has 2 fully saturated rings. The number of rotatable bonds is 6. The van der Waals surface area contributed by atoms with Gasteiger partial charge in [-0.05, 0) is 31.9 Å². The molecule has 1 saturated carbocycles. The van der Waals surface area contributed by atoms with Crippen molar-refractivity contribution in [1.82, 2.24) is 24.7 Å². The number of hydrogen-bond acceptors (Lipinski definition) is 9. The van der Waals surface area contributed by atoms with Crippen molar-refractivity contribution < 1.29 is 4.74 Å². The summed E-state index contributed by atoms with van der Waals surface area (Å²) in [6.45, 7) is 5.19. The molecule has 11 heteroatoms. The number of thioether (sulfide) groups is 1. The Hall–Kier alpha value is -2.21. The Bertz CT molecular complexity index is 1330. The summed E-state index contributed by atoms with van der Waals surface area (Å²) in [6, 6.07) is 4.62. The lowest BCUT2D eigenvalue weighted by molar-refractivity contribution is 0.121. The minimum atomic E-state index is -0.0782. The Morgan fingerprint density at radius 1 is 1.25 bits per heavy atom. The van der Waals surface area contributed by atoms with Crippen LogP contribution in [-0.2, 0) is 10.5 Å². The Kier molecular flexibility index (Phi) is 5.28. The first kappa shape index (κ1) is 20.4. The summed E-state index contributed by atoms with van der Waals surface area (Å²) in [5, 5.41) is 12.6. The van der Waals surface area contributed by atoms with Crippen molar-refractivity contribution in [2.45, 2.75) is 36.7 Å². The molecule has 1 aliphatic carbocycles. The number of thiophene rings is 2. The van der Waals surface area contributed by atoms with Gasteiger partial charge in [-0.15, -0.1) is 32.9 Å². The first-order valence-electron chi connectivity index (χ1n) is 10.6. The SMILES string of the molecule is Cc1ccc(-c2csc3nc(CSc4nnc(N5CCOCC5)n4C4CC4)[nH]c(=O)c23)s1. The van der Waals surface area contributed by atoms with Crippen LogP contribution in [0.2, 0.25) is 0 Å². The van der Waals surface area contributed by atoms with E-state index >= 15 is 0 Å². The van der Waals surface area contributed by atoms with Crippen LogP contribution < -0.4 is 10.5 Å². The summed E-state index contributed by atoms with van der Waals surface area (Å²) in [5.74, 6) is 2.15. The van der Waals surface area contributed by atoms with Crippen molar-refractivity contribution in [3.63, 3.8) is 0 Å². The number of nitrogens with zero attached hydrogens (tertiary/aromatic N) is 5. The molecule has 0 aromatic carbocycles. The van der Waals surface area contributed by atoms with Crippen LogP contribution >= 0.6 is 34.4 Å². The van der Waals surface area contributed by atoms with E-state index in [1.807, 2.05) is 5.38 Å². The summed E-state index contributed by atoms with van der Waals surface area (Å²) >= 11 is 4.80. The lowest BCUT2D eigenvalue weighted by atomic mass is 10.2. The maximum atomic E-state index is 12.9. The molecule has 1 saturated heterocycles. The van der Waals surface area contributed by atoms with Gasteiger partial charge in [0.05, 0.1) is 24.4 Å². The van der Waals surface area contributed by atoms with Gasteiger partial charge in [0, 0.05) is 39.8 Å². The summed E-state index contributed by atoms with van der Waals surface area (Å²) in [4.78, 5) is 26.0. The molecule has 5 heterocycles. The van der Waals surface area contributed by atoms with Gasteiger partial charge >= 0.3 is 0 Å². The summed E-state index contributed by atoms with van der Waals surface area (Å²) in [6.07, 6.45) is 2.31. The summed E-state index contributed by atoms with van der Waals surface area (Å²) < 4.78 is 7.74. The monoisotopic (exact) mass is 486 g/mol. The van der Waals surface area contributed by atoms with Gasteiger partial charge in [0.15, 0.2) is 5.16 Å². The molecule has 2 aliphatic rings. The molecule has 32 heavy (non-hydrogen) atoms. The molecule has 8 nitrogen and oxygen atoms in total. The number of aromatic nitrogens is 5. The fourth-order valence-corrected chi connectivity index (χ4v) is 6.75. The number of ether oxygens (including phenoxy) is 1. The van der Waals surface area contributed by atoms with Gasteiger partial charge in [0.25, 0.3) is 5.56 Å². The second-order valence-electron chi connectivity index (χ2n) is 8.02. The summed E-state index contributed by atoms with van der Waals surface area (Å²) in [7, 11) is 0. The van der Waals surface area contributed by atoms with E-state index in [0.29, 0.717) is 23.0 Å². The fourth-order valence-electron chi connectivity index (χ4n) is 3.95. The largest absolute Gasteiger partial charge is 0.378 e. The second-order valence-corrected chi connectivity index (χ2v) is 11.1. The van der Waals surface area contributed by atoms with Gasteiger partial charge in [-0.1, -0.05) is 11.8 Å². The topological polar surface area (TPSA) is 88.9 Å². The van der Waals surface area contributed by atoms with Crippen LogP contribution in [0.4, 0.5) is 5.95 Å². The van der Waals surface area contributed by atoms with Crippen LogP contribution in [0.1, 0.15) is 29.6 Å². The number of aryl methyl sites for hydroxylation is 1. The average molecular weight is 487 g/mol. The van der Waals surface area contributed by atoms with Gasteiger partial charge in [-0.3, -0.25) is 9.36 Å². The van der Waals surface area contributed by atoms with Gasteiger partial charge in [-0.2, -0.15) is 0 Å². The molecular weight excluding hydrogens is 464 g/mol. The number of hydrogen-bond donors (Lipinski definition) is 1. The maximum absolute atomic E-state index is 12.9. The molecule has 0 spiro atoms. The van der Waals surface area contributed by atoms with E-state index in [2.05, 4.69) is 43.7 Å². The van der Waals surface area contributed by atoms with Gasteiger partial charge in [-0.25, -0.2) is 4.98 Å². The molecule has 0 atom stereocenters. The number of morpholine rings is 1. The molecule has 0 amide bonds. The van der Waals surface area contributed by atoms with E-state index in [-0.39, 0.29) is 5.56 Å². The molecule has 0 unspecified atom stereocenters. The van der Waals surface area contributed by atoms with Crippen LogP contribution in [-0.4, -0.2) is 51.0 Å². The van der Waals surface area contributed by atoms with Crippen LogP contribution in [0.3, 0.4) is 0 Å². The predicted molar refractivity (Wildman–Crippen MR) is 129 cm³/mol. The number of anilines is 1. The Labute approximate surface area is 196 Å². The zero-order valence-electron chi connectivity index (χ0n) is 17.5. The highest BCUT2D eigenvalue weighted by atomic mass is 32.2. The van der Waals surface area contributed by atoms with Gasteiger partial charge < -0.3 is 14.6 Å². The molecule has 4 aromatic heterocycles. The smallest absolute Gasteiger partial charge is 0.260 e. The van der Waals surface area contributed by atoms with Crippen LogP contribution in [0.5, 0.6) is 0 Å². The third-order valence-corrected chi connectivity index (χ3v) is 8.55. The van der Waals surface area contributed by atoms with E-state index in [9.17, 15) is 4.79 Å². The van der Waals surface area contributed by atoms with Crippen molar-refractivity contribution in [3.8, 4) is 10.4 Å². The normalized spacial score (nSPS) is 16.8. The highest BCUT2D eigenvalue weighted by molar-refractivity contribution is 7.98. The lowest BCUT2D eigenvalue weighted by Gasteiger charge is -2.27. The Morgan fingerprint density at radius 3 is 2.84 bits per heavy atom. The molecule has 166 valence electrons. The van der Waals surface area contributed by atoms with E-state index in [1.54, 1.807) is 23.1 Å². The quantitative estimate of drug-likeness (QED) is 0.411. The molecule has 4 aromatic rings. The zero-order chi connectivity index (χ0) is 21.7. The minimum Gasteiger partial charge on any atom is -0.378 e. The lowest BCUT2D eigenvalue weighted by Crippen LogP contribution is -2.38. The Balaban J connectivity index is 1.26. The van der Waals surface area contributed by atoms with Crippen molar-refractivity contribution in [2.75, 3.05) is 31.2 Å². The van der Waals surface area contributed by atoms with Crippen molar-refractivity contribution in [3.05, 3.63) is 38.6 Å². The highest BCUT2D eigenvalue weighted by Gasteiger charge is 2.32. The van der Waals surface area contributed by atoms with Crippen molar-refractivity contribution in [1.29, 1.82) is 0 Å². The van der Waals surface area contributed by atoms with E-state index in [0.717, 1.165) is 65.5 Å². The van der Waals surface area contributed by atoms with Crippen LogP contribution in [0, 0.1) is 6.92 Å². The van der Waals surface area contributed by atoms with Gasteiger partial charge in [0.1, 0.15) is 10.7 Å². The molecule has 0 bridgehead atoms. The van der Waals surface area contributed by atoms with Gasteiger partial charge in [0.2, 0.25) is 5.95 Å². The minimum absolute atomic E-state index is 0.0782. The highest BCUT2D eigenvalue weighted by Crippen LogP contribution is 2.41. The first-order valence-corrected chi connectivity index (χ1v) is 13.3. The second kappa shape index (κ2) is 8.29. The van der Waals surface area contributed by atoms with Crippen molar-refractivity contribution in [2.24, 2.45) is 0 Å². The van der Waals surface area contributed by atoms with Crippen molar-refractivity contribution >= 4 is 50.6 Å². The maximum Gasteiger partial charge on any atom is 0.260 e. The standard InChI is InChI=1S/C21H22N6O2S3/c1-12-2-5-15(32-12)14-10-30-19-17(14)18(28)22-16(23-19)11-31-21-25-24-20(27(21)13-3-4-13)26-6-8-29-9-7-26/h2,5,10,13H,3-4,6-9,11H2,1H3,(H,22,23,28). The number of aromatic amines is 1. The Morgan fingerprint density at radius 2 is 2.09 bits per heavy atom. The van der Waals surface area contributed by atoms with Crippen LogP contribution in [0.25, 0.3) is 20.7 Å². The molecule has 6 rings (SSSR count).